The van der Waals surface area contributed by atoms with Crippen molar-refractivity contribution in [2.24, 2.45) is 0 Å². The number of hydrogen-bond acceptors (Lipinski definition) is 46. The lowest BCUT2D eigenvalue weighted by atomic mass is 9.98. The summed E-state index contributed by atoms with van der Waals surface area (Å²) in [5.74, 6) is 0. The highest BCUT2D eigenvalue weighted by atomic mass is 16.7. The van der Waals surface area contributed by atoms with Crippen LogP contribution >= 0.6 is 0 Å². The Balaban J connectivity index is 0.790. The van der Waals surface area contributed by atoms with Crippen LogP contribution in [0.1, 0.15) is 22.8 Å². The van der Waals surface area contributed by atoms with E-state index in [2.05, 4.69) is 41.2 Å². The number of hydrogen-bond donors (Lipinski definition) is 16. The predicted octanol–water partition coefficient (Wildman–Crippen LogP) is -11.9. The molecule has 25 atom stereocenters. The average molecular weight is 1700 g/mol. The summed E-state index contributed by atoms with van der Waals surface area (Å²) in [6.07, 6.45) is -26.6. The second-order valence-corrected chi connectivity index (χ2v) is 27.2. The summed E-state index contributed by atoms with van der Waals surface area (Å²) in [5.41, 5.74) is 1.67. The van der Waals surface area contributed by atoms with Crippen LogP contribution in [0.3, 0.4) is 0 Å². The van der Waals surface area contributed by atoms with Crippen molar-refractivity contribution in [2.45, 2.75) is 206 Å². The summed E-state index contributed by atoms with van der Waals surface area (Å²) < 4.78 is 134. The zero-order valence-corrected chi connectivity index (χ0v) is 64.6. The Hall–Kier alpha value is -4.96. The zero-order chi connectivity index (χ0) is 83.4. The molecular weight excluding hydrogens is 1580 g/mol. The second-order valence-electron chi connectivity index (χ2n) is 27.2. The van der Waals surface area contributed by atoms with E-state index in [0.29, 0.717) is 29.3 Å². The summed E-state index contributed by atoms with van der Waals surface area (Å²) in [6.45, 7) is 0.693. The smallest absolute Gasteiger partial charge is 0.186 e. The van der Waals surface area contributed by atoms with E-state index >= 15 is 0 Å². The number of rotatable bonds is 58. The Labute approximate surface area is 669 Å². The fraction of sp³-hybridized carbons (Fsp3) is 0.881. The molecule has 5 aliphatic rings. The minimum Gasteiger partial charge on any atom is -0.394 e. The third-order valence-electron chi connectivity index (χ3n) is 18.8. The Morgan fingerprint density at radius 2 is 0.513 bits per heavy atom. The van der Waals surface area contributed by atoms with Crippen molar-refractivity contribution in [3.8, 4) is 0 Å². The average Bonchev–Trinajstić information content (AvgIpc) is 1.62. The van der Waals surface area contributed by atoms with E-state index in [9.17, 15) is 81.7 Å². The van der Waals surface area contributed by atoms with E-state index in [0.717, 1.165) is 0 Å². The molecule has 4 aromatic rings. The fourth-order valence-corrected chi connectivity index (χ4v) is 12.3. The highest BCUT2D eigenvalue weighted by molar-refractivity contribution is 5.00. The van der Waals surface area contributed by atoms with Crippen LogP contribution in [-0.2, 0) is 157 Å². The zero-order valence-electron chi connectivity index (χ0n) is 64.6. The van der Waals surface area contributed by atoms with Gasteiger partial charge in [0.25, 0.3) is 0 Å². The van der Waals surface area contributed by atoms with Crippen LogP contribution in [0.5, 0.6) is 0 Å². The third kappa shape index (κ3) is 29.9. The highest BCUT2D eigenvalue weighted by Crippen LogP contribution is 2.32. The van der Waals surface area contributed by atoms with Gasteiger partial charge in [-0.3, -0.25) is 0 Å². The molecule has 0 saturated carbocycles. The van der Waals surface area contributed by atoms with Crippen molar-refractivity contribution in [3.63, 3.8) is 0 Å². The summed E-state index contributed by atoms with van der Waals surface area (Å²) in [4.78, 5) is 0. The van der Waals surface area contributed by atoms with E-state index in [4.69, 9.17) is 104 Å². The first-order chi connectivity index (χ1) is 56.8. The van der Waals surface area contributed by atoms with Gasteiger partial charge in [0, 0.05) is 7.11 Å². The molecule has 0 radical (unpaired) electrons. The van der Waals surface area contributed by atoms with Crippen LogP contribution in [0.4, 0.5) is 0 Å². The number of ether oxygens (including phenoxy) is 22. The van der Waals surface area contributed by atoms with Gasteiger partial charge in [-0.2, -0.15) is 0 Å². The van der Waals surface area contributed by atoms with Gasteiger partial charge in [-0.05, 0) is 0 Å². The third-order valence-corrected chi connectivity index (χ3v) is 18.8. The Morgan fingerprint density at radius 1 is 0.265 bits per heavy atom. The molecule has 5 fully saturated rings. The molecule has 117 heavy (non-hydrogen) atoms. The van der Waals surface area contributed by atoms with Crippen molar-refractivity contribution in [1.82, 2.24) is 60.0 Å². The first kappa shape index (κ1) is 95.9. The highest BCUT2D eigenvalue weighted by Gasteiger charge is 2.51. The molecule has 0 aliphatic carbocycles. The SMILES string of the molecule is CO[C@H]1O[C@H](COCc2cn(CCOCCOCCO[C@@H]3O[C@H](CO)[C@H](O)[C@H](O)[C@H]3O)nn2)[C@@H](OCc2cn(CCOCCOCCO[C@@H]3O[C@H](CO)[C@H](O)[C@H](O)[C@H]3O)nn2)[C@H](OCc2cn(CCOCCOCCO[C@@H]3O[C@H](CO)[C@H](O)[C@H](O)[C@H]3O)nn2)[C@H]1OCc1cn(CCOCCOCCO[C@@H]2O[C@H](CO)[C@H](O)[C@H](O)[C@H]2O)nn1. The molecule has 5 saturated heterocycles. The van der Waals surface area contributed by atoms with Crippen molar-refractivity contribution in [1.29, 1.82) is 0 Å². The molecule has 9 rings (SSSR count). The molecular formula is C67H114N12O38. The lowest BCUT2D eigenvalue weighted by molar-refractivity contribution is -0.323. The van der Waals surface area contributed by atoms with Crippen LogP contribution in [0.2, 0.25) is 0 Å². The molecule has 0 bridgehead atoms. The molecule has 50 nitrogen and oxygen atoms in total. The summed E-state index contributed by atoms with van der Waals surface area (Å²) >= 11 is 0. The van der Waals surface area contributed by atoms with Crippen molar-refractivity contribution in [3.05, 3.63) is 47.6 Å². The van der Waals surface area contributed by atoms with Crippen LogP contribution in [0.25, 0.3) is 0 Å². The Morgan fingerprint density at radius 3 is 0.795 bits per heavy atom. The van der Waals surface area contributed by atoms with Gasteiger partial charge in [-0.1, -0.05) is 20.9 Å². The number of methoxy groups -OCH3 is 1. The first-order valence-electron chi connectivity index (χ1n) is 38.3. The van der Waals surface area contributed by atoms with Gasteiger partial charge in [0.05, 0.1) is 243 Å². The molecule has 16 N–H and O–H groups in total. The van der Waals surface area contributed by atoms with E-state index in [1.807, 2.05) is 0 Å². The topological polar surface area (TPSA) is 650 Å². The summed E-state index contributed by atoms with van der Waals surface area (Å²) in [6, 6.07) is 0. The molecule has 5 aliphatic heterocycles. The van der Waals surface area contributed by atoms with Crippen LogP contribution in [0, 0.1) is 0 Å². The maximum absolute atomic E-state index is 10.2. The molecule has 50 heteroatoms. The lowest BCUT2D eigenvalue weighted by Crippen LogP contribution is -2.61. The standard InChI is InChI=1S/C67H114N12O38/c1-96-67-62(112-37-42-29-79(75-71-42)5-9-100-13-17-104-21-25-109-66-59(95)55(91)51(87)46(33-83)116-66)61(111-36-41-28-78(74-70-41)4-8-99-12-16-103-20-24-108-65-58(94)54(90)50(86)45(32-82)115-65)60(110-35-40-27-77(73-69-40)3-7-98-11-15-102-19-23-107-64-57(93)53(89)49(85)44(31-81)114-64)47(117-67)38-105-34-39-26-76(72-68-39)2-6-97-10-14-101-18-22-106-63-56(92)52(88)48(84)43(30-80)113-63/h26-29,43-67,80-95H,2-25,30-38H2,1H3/t43-,44-,45-,46-,47-,48+,49+,50+,51+,52+,53+,54+,55+,56-,57-,58-,59-,60-,61+,62-,63-,64-,65-,66-,67+/m1/s1. The number of nitrogens with zero attached hydrogens (tertiary/aromatic N) is 12. The van der Waals surface area contributed by atoms with Gasteiger partial charge in [-0.25, -0.2) is 18.7 Å². The maximum atomic E-state index is 10.2. The molecule has 0 aromatic carbocycles. The molecule has 0 spiro atoms. The van der Waals surface area contributed by atoms with Crippen molar-refractivity contribution >= 4 is 0 Å². The number of aromatic nitrogens is 12. The minimum atomic E-state index is -1.58. The normalized spacial score (nSPS) is 31.7. The monoisotopic (exact) mass is 1690 g/mol. The summed E-state index contributed by atoms with van der Waals surface area (Å²) in [5, 5.41) is 193. The maximum Gasteiger partial charge on any atom is 0.186 e. The summed E-state index contributed by atoms with van der Waals surface area (Å²) in [7, 11) is 1.43. The van der Waals surface area contributed by atoms with Crippen molar-refractivity contribution in [2.75, 3.05) is 172 Å². The van der Waals surface area contributed by atoms with Crippen molar-refractivity contribution < 1.29 is 186 Å². The van der Waals surface area contributed by atoms with E-state index < -0.39 is 180 Å². The van der Waals surface area contributed by atoms with E-state index in [1.165, 1.54) is 7.11 Å². The number of aliphatic hydroxyl groups is 16. The van der Waals surface area contributed by atoms with Gasteiger partial charge < -0.3 is 186 Å². The molecule has 0 amide bonds. The first-order valence-corrected chi connectivity index (χ1v) is 38.3. The van der Waals surface area contributed by atoms with Gasteiger partial charge in [0.2, 0.25) is 0 Å². The Kier molecular flexibility index (Phi) is 42.5. The molecule has 9 heterocycles. The fourth-order valence-electron chi connectivity index (χ4n) is 12.3. The minimum absolute atomic E-state index is 0.0251. The van der Waals surface area contributed by atoms with E-state index in [-0.39, 0.29) is 185 Å². The van der Waals surface area contributed by atoms with Crippen LogP contribution in [0.15, 0.2) is 24.8 Å². The van der Waals surface area contributed by atoms with Gasteiger partial charge in [0.1, 0.15) is 145 Å². The van der Waals surface area contributed by atoms with Crippen LogP contribution < -0.4 is 0 Å². The number of aliphatic hydroxyl groups excluding tert-OH is 16. The van der Waals surface area contributed by atoms with Gasteiger partial charge in [0.15, 0.2) is 31.5 Å². The van der Waals surface area contributed by atoms with E-state index in [1.54, 1.807) is 43.5 Å². The predicted molar refractivity (Wildman–Crippen MR) is 377 cm³/mol. The Bertz CT molecular complexity index is 3270. The second kappa shape index (κ2) is 51.8. The van der Waals surface area contributed by atoms with Gasteiger partial charge >= 0.3 is 0 Å². The molecule has 670 valence electrons. The molecule has 0 unspecified atom stereocenters. The molecule has 4 aromatic heterocycles. The van der Waals surface area contributed by atoms with Crippen LogP contribution in [-0.4, -0.2) is 467 Å². The quantitative estimate of drug-likeness (QED) is 0.0183. The largest absolute Gasteiger partial charge is 0.394 e. The lowest BCUT2D eigenvalue weighted by Gasteiger charge is -2.45. The van der Waals surface area contributed by atoms with Gasteiger partial charge in [-0.15, -0.1) is 20.4 Å².